The van der Waals surface area contributed by atoms with Gasteiger partial charge in [-0.2, -0.15) is 5.06 Å². The molecule has 12 heavy (non-hydrogen) atoms. The van der Waals surface area contributed by atoms with Crippen molar-refractivity contribution < 1.29 is 5.21 Å². The van der Waals surface area contributed by atoms with E-state index in [0.717, 1.165) is 5.71 Å². The summed E-state index contributed by atoms with van der Waals surface area (Å²) in [5.41, 5.74) is 0.146. The zero-order chi connectivity index (χ0) is 9.57. The van der Waals surface area contributed by atoms with Gasteiger partial charge >= 0.3 is 0 Å². The van der Waals surface area contributed by atoms with E-state index in [2.05, 4.69) is 0 Å². The molecule has 0 aromatic heterocycles. The number of nitrogens with zero attached hydrogens (tertiary/aromatic N) is 1. The minimum atomic E-state index is -0.293. The molecular weight excluding hydrogens is 152 g/mol. The van der Waals surface area contributed by atoms with Gasteiger partial charge in [-0.15, -0.1) is 0 Å². The van der Waals surface area contributed by atoms with Gasteiger partial charge in [-0.05, 0) is 27.7 Å². The third-order valence-corrected chi connectivity index (χ3v) is 2.44. The minimum Gasteiger partial charge on any atom is -0.313 e. The SMILES string of the molecule is CC1(C)CC(=N)CC(C)(C)N1O. The molecule has 1 rings (SSSR count). The van der Waals surface area contributed by atoms with Crippen molar-refractivity contribution in [1.82, 2.24) is 5.06 Å². The fourth-order valence-electron chi connectivity index (χ4n) is 2.08. The third-order valence-electron chi connectivity index (χ3n) is 2.44. The van der Waals surface area contributed by atoms with E-state index in [1.807, 2.05) is 27.7 Å². The Morgan fingerprint density at radius 1 is 1.17 bits per heavy atom. The maximum Gasteiger partial charge on any atom is 0.0462 e. The maximum atomic E-state index is 9.82. The van der Waals surface area contributed by atoms with Crippen molar-refractivity contribution in [3.05, 3.63) is 0 Å². The molecule has 1 fully saturated rings. The van der Waals surface area contributed by atoms with Crippen LogP contribution in [0.1, 0.15) is 40.5 Å². The van der Waals surface area contributed by atoms with Gasteiger partial charge in [0.15, 0.2) is 0 Å². The molecule has 0 unspecified atom stereocenters. The van der Waals surface area contributed by atoms with Crippen LogP contribution in [0.2, 0.25) is 0 Å². The topological polar surface area (TPSA) is 47.3 Å². The van der Waals surface area contributed by atoms with Gasteiger partial charge in [-0.1, -0.05) is 0 Å². The molecule has 0 saturated carbocycles. The Hall–Kier alpha value is -0.410. The molecule has 1 aliphatic heterocycles. The Morgan fingerprint density at radius 3 is 1.83 bits per heavy atom. The van der Waals surface area contributed by atoms with Crippen molar-refractivity contribution in [2.75, 3.05) is 0 Å². The molecule has 0 radical (unpaired) electrons. The second kappa shape index (κ2) is 2.54. The van der Waals surface area contributed by atoms with E-state index in [1.54, 1.807) is 0 Å². The standard InChI is InChI=1S/C9H18N2O/c1-8(2)5-7(10)6-9(3,4)11(8)12/h10,12H,5-6H2,1-4H3. The van der Waals surface area contributed by atoms with E-state index in [-0.39, 0.29) is 11.1 Å². The number of piperidine rings is 1. The van der Waals surface area contributed by atoms with Crippen molar-refractivity contribution in [2.24, 2.45) is 0 Å². The van der Waals surface area contributed by atoms with Gasteiger partial charge in [0.1, 0.15) is 0 Å². The highest BCUT2D eigenvalue weighted by molar-refractivity contribution is 5.84. The van der Waals surface area contributed by atoms with E-state index in [9.17, 15) is 5.21 Å². The lowest BCUT2D eigenvalue weighted by atomic mass is 9.81. The van der Waals surface area contributed by atoms with E-state index >= 15 is 0 Å². The minimum absolute atomic E-state index is 0.293. The number of rotatable bonds is 0. The second-order valence-electron chi connectivity index (χ2n) is 4.89. The molecule has 2 N–H and O–H groups in total. The lowest BCUT2D eigenvalue weighted by Gasteiger charge is -2.48. The number of hydrogen-bond donors (Lipinski definition) is 2. The summed E-state index contributed by atoms with van der Waals surface area (Å²) < 4.78 is 0. The molecule has 0 aromatic rings. The highest BCUT2D eigenvalue weighted by Gasteiger charge is 2.42. The van der Waals surface area contributed by atoms with Crippen LogP contribution in [0.5, 0.6) is 0 Å². The quantitative estimate of drug-likeness (QED) is 0.584. The number of hydrogen-bond acceptors (Lipinski definition) is 3. The Labute approximate surface area is 73.8 Å². The Kier molecular flexibility index (Phi) is 2.05. The summed E-state index contributed by atoms with van der Waals surface area (Å²) in [5, 5.41) is 18.9. The summed E-state index contributed by atoms with van der Waals surface area (Å²) in [6.07, 6.45) is 1.32. The molecule has 0 aliphatic carbocycles. The molecule has 3 nitrogen and oxygen atoms in total. The van der Waals surface area contributed by atoms with Gasteiger partial charge in [0.25, 0.3) is 0 Å². The number of hydroxylamine groups is 2. The van der Waals surface area contributed by atoms with Crippen LogP contribution >= 0.6 is 0 Å². The first kappa shape index (κ1) is 9.68. The van der Waals surface area contributed by atoms with Gasteiger partial charge in [0.05, 0.1) is 0 Å². The van der Waals surface area contributed by atoms with Crippen LogP contribution in [-0.2, 0) is 0 Å². The average Bonchev–Trinajstić information content (AvgIpc) is 1.80. The predicted molar refractivity (Wildman–Crippen MR) is 48.7 cm³/mol. The van der Waals surface area contributed by atoms with Crippen LogP contribution in [0.3, 0.4) is 0 Å². The molecule has 1 saturated heterocycles. The fourth-order valence-corrected chi connectivity index (χ4v) is 2.08. The second-order valence-corrected chi connectivity index (χ2v) is 4.89. The van der Waals surface area contributed by atoms with E-state index in [1.165, 1.54) is 5.06 Å². The molecule has 1 aliphatic rings. The first-order valence-corrected chi connectivity index (χ1v) is 4.31. The average molecular weight is 170 g/mol. The van der Waals surface area contributed by atoms with Crippen LogP contribution in [0.4, 0.5) is 0 Å². The third kappa shape index (κ3) is 1.52. The predicted octanol–water partition coefficient (Wildman–Crippen LogP) is 2.05. The first-order chi connectivity index (χ1) is 5.26. The molecule has 0 aromatic carbocycles. The van der Waals surface area contributed by atoms with Gasteiger partial charge in [0.2, 0.25) is 0 Å². The molecule has 0 atom stereocenters. The van der Waals surface area contributed by atoms with Crippen LogP contribution in [0, 0.1) is 5.41 Å². The van der Waals surface area contributed by atoms with Crippen molar-refractivity contribution in [2.45, 2.75) is 51.6 Å². The van der Waals surface area contributed by atoms with Crippen molar-refractivity contribution in [3.8, 4) is 0 Å². The highest BCUT2D eigenvalue weighted by Crippen LogP contribution is 2.34. The first-order valence-electron chi connectivity index (χ1n) is 4.31. The molecular formula is C9H18N2O. The molecule has 0 bridgehead atoms. The van der Waals surface area contributed by atoms with Gasteiger partial charge in [0, 0.05) is 29.6 Å². The summed E-state index contributed by atoms with van der Waals surface area (Å²) in [6, 6.07) is 0. The summed E-state index contributed by atoms with van der Waals surface area (Å²) in [7, 11) is 0. The van der Waals surface area contributed by atoms with Gasteiger partial charge in [-0.3, -0.25) is 0 Å². The van der Waals surface area contributed by atoms with Crippen molar-refractivity contribution in [1.29, 1.82) is 5.41 Å². The molecule has 0 amide bonds. The number of nitrogens with one attached hydrogen (secondary N) is 1. The smallest absolute Gasteiger partial charge is 0.0462 e. The molecule has 0 spiro atoms. The summed E-state index contributed by atoms with van der Waals surface area (Å²) >= 11 is 0. The Balaban J connectivity index is 2.91. The highest BCUT2D eigenvalue weighted by atomic mass is 16.5. The molecule has 3 heteroatoms. The summed E-state index contributed by atoms with van der Waals surface area (Å²) in [4.78, 5) is 0. The zero-order valence-electron chi connectivity index (χ0n) is 8.31. The lowest BCUT2D eigenvalue weighted by Crippen LogP contribution is -2.59. The van der Waals surface area contributed by atoms with E-state index in [0.29, 0.717) is 12.8 Å². The molecule has 1 heterocycles. The van der Waals surface area contributed by atoms with E-state index in [4.69, 9.17) is 5.41 Å². The van der Waals surface area contributed by atoms with Gasteiger partial charge < -0.3 is 10.6 Å². The van der Waals surface area contributed by atoms with Crippen LogP contribution < -0.4 is 0 Å². The summed E-state index contributed by atoms with van der Waals surface area (Å²) in [5.74, 6) is 0. The van der Waals surface area contributed by atoms with Crippen LogP contribution in [0.15, 0.2) is 0 Å². The largest absolute Gasteiger partial charge is 0.313 e. The molecule has 70 valence electrons. The Bertz CT molecular complexity index is 189. The maximum absolute atomic E-state index is 9.82. The van der Waals surface area contributed by atoms with Crippen LogP contribution in [-0.4, -0.2) is 27.1 Å². The Morgan fingerprint density at radius 2 is 1.50 bits per heavy atom. The van der Waals surface area contributed by atoms with Crippen LogP contribution in [0.25, 0.3) is 0 Å². The van der Waals surface area contributed by atoms with Crippen molar-refractivity contribution in [3.63, 3.8) is 0 Å². The van der Waals surface area contributed by atoms with E-state index < -0.39 is 0 Å². The monoisotopic (exact) mass is 170 g/mol. The fraction of sp³-hybridized carbons (Fsp3) is 0.889. The lowest BCUT2D eigenvalue weighted by molar-refractivity contribution is -0.226. The zero-order valence-corrected chi connectivity index (χ0v) is 8.31. The van der Waals surface area contributed by atoms with Crippen molar-refractivity contribution >= 4 is 5.71 Å². The summed E-state index contributed by atoms with van der Waals surface area (Å²) in [6.45, 7) is 7.84. The normalized spacial score (nSPS) is 28.9. The van der Waals surface area contributed by atoms with Gasteiger partial charge in [-0.25, -0.2) is 0 Å².